The molecule has 0 amide bonds. The third kappa shape index (κ3) is 6.30. The fourth-order valence-electron chi connectivity index (χ4n) is 4.69. The maximum absolute atomic E-state index is 11.3. The number of pyridine rings is 1. The summed E-state index contributed by atoms with van der Waals surface area (Å²) < 4.78 is 0. The van der Waals surface area contributed by atoms with Crippen LogP contribution >= 0.6 is 24.8 Å². The van der Waals surface area contributed by atoms with Crippen molar-refractivity contribution in [1.82, 2.24) is 14.8 Å². The molecule has 0 spiro atoms. The van der Waals surface area contributed by atoms with E-state index in [0.717, 1.165) is 50.7 Å². The molecule has 166 valence electrons. The number of carbonyl (C=O) groups is 1. The van der Waals surface area contributed by atoms with Gasteiger partial charge in [0.2, 0.25) is 0 Å². The van der Waals surface area contributed by atoms with Crippen LogP contribution in [0.3, 0.4) is 0 Å². The van der Waals surface area contributed by atoms with Crippen LogP contribution in [0.4, 0.5) is 5.69 Å². The fourth-order valence-corrected chi connectivity index (χ4v) is 4.69. The number of rotatable bonds is 6. The number of carbonyl (C=O) groups excluding carboxylic acids is 1. The van der Waals surface area contributed by atoms with Gasteiger partial charge in [-0.25, -0.2) is 0 Å². The van der Waals surface area contributed by atoms with E-state index >= 15 is 0 Å². The van der Waals surface area contributed by atoms with E-state index in [9.17, 15) is 4.79 Å². The lowest BCUT2D eigenvalue weighted by Crippen LogP contribution is -2.47. The van der Waals surface area contributed by atoms with E-state index in [-0.39, 0.29) is 24.8 Å². The number of benzene rings is 1. The number of likely N-dealkylation sites (tertiary alicyclic amines) is 1. The van der Waals surface area contributed by atoms with Crippen LogP contribution in [0.5, 0.6) is 0 Å². The Morgan fingerprint density at radius 1 is 0.967 bits per heavy atom. The number of hydrogen-bond donors (Lipinski definition) is 0. The molecule has 0 atom stereocenters. The summed E-state index contributed by atoms with van der Waals surface area (Å²) in [6, 6.07) is 10.7. The summed E-state index contributed by atoms with van der Waals surface area (Å²) in [5.74, 6) is 1.11. The molecule has 2 aliphatic rings. The maximum Gasteiger partial charge on any atom is 0.143 e. The quantitative estimate of drug-likeness (QED) is 0.664. The topological polar surface area (TPSA) is 39.7 Å². The first-order valence-electron chi connectivity index (χ1n) is 10.7. The van der Waals surface area contributed by atoms with Gasteiger partial charge in [-0.2, -0.15) is 0 Å². The molecule has 2 aromatic rings. The summed E-state index contributed by atoms with van der Waals surface area (Å²) in [4.78, 5) is 23.2. The first kappa shape index (κ1) is 24.9. The standard InChI is InChI=1S/C23H32N4O.2ClH/c1-19(28)18-26-12-8-20(9-13-26)7-11-25-14-16-27(17-15-25)23-6-2-5-22-21(23)4-3-10-24-22;;/h2-6,10,20H,7-9,11-18H2,1H3;2*1H. The lowest BCUT2D eigenvalue weighted by molar-refractivity contribution is -0.118. The van der Waals surface area contributed by atoms with E-state index in [2.05, 4.69) is 43.9 Å². The predicted octanol–water partition coefficient (Wildman–Crippen LogP) is 3.89. The first-order valence-corrected chi connectivity index (χ1v) is 10.7. The molecule has 7 heteroatoms. The number of aromatic nitrogens is 1. The third-order valence-corrected chi connectivity index (χ3v) is 6.34. The molecule has 2 fully saturated rings. The van der Waals surface area contributed by atoms with Gasteiger partial charge in [0.15, 0.2) is 0 Å². The summed E-state index contributed by atoms with van der Waals surface area (Å²) in [7, 11) is 0. The van der Waals surface area contributed by atoms with Crippen LogP contribution in [-0.4, -0.2) is 72.9 Å². The molecule has 4 rings (SSSR count). The molecule has 1 aromatic carbocycles. The number of Topliss-reactive ketones (excluding diaryl/α,β-unsaturated/α-hetero) is 1. The van der Waals surface area contributed by atoms with Crippen LogP contribution in [0, 0.1) is 5.92 Å². The number of piperidine rings is 1. The van der Waals surface area contributed by atoms with E-state index < -0.39 is 0 Å². The van der Waals surface area contributed by atoms with Crippen molar-refractivity contribution in [3.63, 3.8) is 0 Å². The minimum absolute atomic E-state index is 0. The van der Waals surface area contributed by atoms with Crippen molar-refractivity contribution >= 4 is 47.2 Å². The Morgan fingerprint density at radius 3 is 2.40 bits per heavy atom. The van der Waals surface area contributed by atoms with Crippen molar-refractivity contribution in [3.8, 4) is 0 Å². The maximum atomic E-state index is 11.3. The molecule has 30 heavy (non-hydrogen) atoms. The molecule has 3 heterocycles. The Hall–Kier alpha value is -1.40. The van der Waals surface area contributed by atoms with Crippen LogP contribution < -0.4 is 4.90 Å². The van der Waals surface area contributed by atoms with Gasteiger partial charge in [-0.3, -0.25) is 19.6 Å². The van der Waals surface area contributed by atoms with E-state index in [4.69, 9.17) is 0 Å². The van der Waals surface area contributed by atoms with Gasteiger partial charge >= 0.3 is 0 Å². The van der Waals surface area contributed by atoms with Gasteiger partial charge in [0.25, 0.3) is 0 Å². The lowest BCUT2D eigenvalue weighted by atomic mass is 9.93. The largest absolute Gasteiger partial charge is 0.368 e. The summed E-state index contributed by atoms with van der Waals surface area (Å²) in [5.41, 5.74) is 2.40. The summed E-state index contributed by atoms with van der Waals surface area (Å²) in [5, 5.41) is 1.26. The number of fused-ring (bicyclic) bond motifs is 1. The summed E-state index contributed by atoms with van der Waals surface area (Å²) in [6.45, 7) is 10.2. The number of piperazine rings is 1. The normalized spacial score (nSPS) is 18.6. The second-order valence-corrected chi connectivity index (χ2v) is 8.39. The first-order chi connectivity index (χ1) is 13.7. The van der Waals surface area contributed by atoms with Gasteiger partial charge in [0.05, 0.1) is 12.1 Å². The fraction of sp³-hybridized carbons (Fsp3) is 0.565. The highest BCUT2D eigenvalue weighted by Gasteiger charge is 2.22. The molecule has 2 saturated heterocycles. The average molecular weight is 453 g/mol. The Balaban J connectivity index is 0.00000160. The van der Waals surface area contributed by atoms with Crippen molar-refractivity contribution in [1.29, 1.82) is 0 Å². The van der Waals surface area contributed by atoms with Crippen LogP contribution in [0.1, 0.15) is 26.2 Å². The minimum Gasteiger partial charge on any atom is -0.368 e. The zero-order valence-corrected chi connectivity index (χ0v) is 19.5. The monoisotopic (exact) mass is 452 g/mol. The Bertz CT molecular complexity index is 797. The molecule has 2 aliphatic heterocycles. The molecule has 0 N–H and O–H groups in total. The Morgan fingerprint density at radius 2 is 1.70 bits per heavy atom. The lowest BCUT2D eigenvalue weighted by Gasteiger charge is -2.38. The zero-order chi connectivity index (χ0) is 19.3. The Kier molecular flexibility index (Phi) is 9.82. The molecule has 5 nitrogen and oxygen atoms in total. The molecule has 0 radical (unpaired) electrons. The van der Waals surface area contributed by atoms with Gasteiger partial charge in [-0.15, -0.1) is 24.8 Å². The van der Waals surface area contributed by atoms with Crippen molar-refractivity contribution in [2.24, 2.45) is 5.92 Å². The number of hydrogen-bond acceptors (Lipinski definition) is 5. The second kappa shape index (κ2) is 11.8. The average Bonchev–Trinajstić information content (AvgIpc) is 2.73. The van der Waals surface area contributed by atoms with Crippen LogP contribution in [0.25, 0.3) is 10.9 Å². The molecule has 0 saturated carbocycles. The molecular weight excluding hydrogens is 419 g/mol. The van der Waals surface area contributed by atoms with Gasteiger partial charge in [0, 0.05) is 43.4 Å². The molecule has 0 bridgehead atoms. The zero-order valence-electron chi connectivity index (χ0n) is 17.8. The van der Waals surface area contributed by atoms with Crippen LogP contribution in [0.2, 0.25) is 0 Å². The second-order valence-electron chi connectivity index (χ2n) is 8.39. The highest BCUT2D eigenvalue weighted by Crippen LogP contribution is 2.27. The molecular formula is C23H34Cl2N4O. The number of halogens is 2. The highest BCUT2D eigenvalue weighted by atomic mass is 35.5. The van der Waals surface area contributed by atoms with Gasteiger partial charge in [-0.05, 0) is 76.0 Å². The van der Waals surface area contributed by atoms with Crippen LogP contribution in [0.15, 0.2) is 36.5 Å². The van der Waals surface area contributed by atoms with Crippen molar-refractivity contribution in [3.05, 3.63) is 36.5 Å². The third-order valence-electron chi connectivity index (χ3n) is 6.34. The number of anilines is 1. The summed E-state index contributed by atoms with van der Waals surface area (Å²) in [6.07, 6.45) is 5.66. The van der Waals surface area contributed by atoms with Gasteiger partial charge in [-0.1, -0.05) is 6.07 Å². The molecule has 1 aromatic heterocycles. The van der Waals surface area contributed by atoms with E-state index in [1.165, 1.54) is 36.9 Å². The van der Waals surface area contributed by atoms with Gasteiger partial charge < -0.3 is 4.90 Å². The minimum atomic E-state index is 0. The van der Waals surface area contributed by atoms with E-state index in [1.807, 2.05) is 12.3 Å². The Labute approximate surface area is 192 Å². The molecule has 0 unspecified atom stereocenters. The van der Waals surface area contributed by atoms with Crippen molar-refractivity contribution in [2.75, 3.05) is 57.3 Å². The highest BCUT2D eigenvalue weighted by molar-refractivity contribution is 5.91. The summed E-state index contributed by atoms with van der Waals surface area (Å²) >= 11 is 0. The van der Waals surface area contributed by atoms with Crippen molar-refractivity contribution < 1.29 is 4.79 Å². The van der Waals surface area contributed by atoms with Crippen LogP contribution in [-0.2, 0) is 4.79 Å². The van der Waals surface area contributed by atoms with Gasteiger partial charge in [0.1, 0.15) is 5.78 Å². The van der Waals surface area contributed by atoms with Crippen molar-refractivity contribution in [2.45, 2.75) is 26.2 Å². The van der Waals surface area contributed by atoms with E-state index in [0.29, 0.717) is 12.3 Å². The number of ketones is 1. The smallest absolute Gasteiger partial charge is 0.143 e. The number of nitrogens with zero attached hydrogens (tertiary/aromatic N) is 4. The SMILES string of the molecule is CC(=O)CN1CCC(CCN2CCN(c3cccc4ncccc34)CC2)CC1.Cl.Cl. The predicted molar refractivity (Wildman–Crippen MR) is 129 cm³/mol. The molecule has 0 aliphatic carbocycles. The van der Waals surface area contributed by atoms with E-state index in [1.54, 1.807) is 6.92 Å².